The van der Waals surface area contributed by atoms with Crippen LogP contribution in [0.4, 0.5) is 5.69 Å². The third kappa shape index (κ3) is 6.74. The number of rotatable bonds is 8. The molecule has 0 fully saturated rings. The Morgan fingerprint density at radius 2 is 1.80 bits per heavy atom. The lowest BCUT2D eigenvalue weighted by atomic mass is 10.1. The molecule has 7 nitrogen and oxygen atoms in total. The Bertz CT molecular complexity index is 638. The lowest BCUT2D eigenvalue weighted by Crippen LogP contribution is -2.25. The molecule has 7 heteroatoms. The lowest BCUT2D eigenvalue weighted by Gasteiger charge is -2.10. The first-order valence-corrected chi connectivity index (χ1v) is 8.30. The molecule has 0 heterocycles. The molecule has 0 aliphatic heterocycles. The van der Waals surface area contributed by atoms with Crippen molar-refractivity contribution in [1.82, 2.24) is 5.43 Å². The van der Waals surface area contributed by atoms with Crippen molar-refractivity contribution in [3.05, 3.63) is 29.8 Å². The SMILES string of the molecule is CCCC(=O)Nc1ccc(C(=O)NN=C(C)C(C)C(=O)OCC)cc1. The summed E-state index contributed by atoms with van der Waals surface area (Å²) < 4.78 is 4.91. The van der Waals surface area contributed by atoms with Crippen molar-refractivity contribution in [2.75, 3.05) is 11.9 Å². The lowest BCUT2D eigenvalue weighted by molar-refractivity contribution is -0.145. The quantitative estimate of drug-likeness (QED) is 0.429. The van der Waals surface area contributed by atoms with Gasteiger partial charge in [0.1, 0.15) is 0 Å². The van der Waals surface area contributed by atoms with Crippen LogP contribution in [0.25, 0.3) is 0 Å². The van der Waals surface area contributed by atoms with E-state index < -0.39 is 11.8 Å². The number of carbonyl (C=O) groups excluding carboxylic acids is 3. The molecule has 0 spiro atoms. The van der Waals surface area contributed by atoms with Crippen molar-refractivity contribution in [2.45, 2.75) is 40.5 Å². The number of amides is 2. The summed E-state index contributed by atoms with van der Waals surface area (Å²) in [7, 11) is 0. The summed E-state index contributed by atoms with van der Waals surface area (Å²) in [5.41, 5.74) is 3.89. The predicted molar refractivity (Wildman–Crippen MR) is 96.4 cm³/mol. The Hall–Kier alpha value is -2.70. The molecule has 0 saturated carbocycles. The molecule has 1 aromatic carbocycles. The van der Waals surface area contributed by atoms with Gasteiger partial charge in [0.2, 0.25) is 5.91 Å². The maximum atomic E-state index is 12.1. The molecule has 2 N–H and O–H groups in total. The maximum Gasteiger partial charge on any atom is 0.314 e. The van der Waals surface area contributed by atoms with Gasteiger partial charge in [-0.1, -0.05) is 6.92 Å². The molecular formula is C18H25N3O4. The van der Waals surface area contributed by atoms with Gasteiger partial charge in [0.15, 0.2) is 0 Å². The highest BCUT2D eigenvalue weighted by Crippen LogP contribution is 2.10. The van der Waals surface area contributed by atoms with Crippen molar-refractivity contribution in [3.63, 3.8) is 0 Å². The summed E-state index contributed by atoms with van der Waals surface area (Å²) in [5.74, 6) is -1.38. The number of ether oxygens (including phenoxy) is 1. The second kappa shape index (κ2) is 10.2. The van der Waals surface area contributed by atoms with Crippen LogP contribution in [0.5, 0.6) is 0 Å². The van der Waals surface area contributed by atoms with Crippen molar-refractivity contribution in [1.29, 1.82) is 0 Å². The highest BCUT2D eigenvalue weighted by molar-refractivity contribution is 6.02. The van der Waals surface area contributed by atoms with Crippen LogP contribution >= 0.6 is 0 Å². The van der Waals surface area contributed by atoms with Crippen molar-refractivity contribution >= 4 is 29.2 Å². The van der Waals surface area contributed by atoms with E-state index in [-0.39, 0.29) is 11.9 Å². The van der Waals surface area contributed by atoms with E-state index >= 15 is 0 Å². The Labute approximate surface area is 147 Å². The number of hydrogen-bond donors (Lipinski definition) is 2. The van der Waals surface area contributed by atoms with Crippen molar-refractivity contribution in [3.8, 4) is 0 Å². The van der Waals surface area contributed by atoms with Crippen LogP contribution in [0.1, 0.15) is 50.9 Å². The van der Waals surface area contributed by atoms with Crippen LogP contribution in [0.3, 0.4) is 0 Å². The third-order valence-corrected chi connectivity index (χ3v) is 3.51. The fourth-order valence-corrected chi connectivity index (χ4v) is 1.89. The zero-order valence-electron chi connectivity index (χ0n) is 15.1. The number of hydrazone groups is 1. The number of nitrogens with zero attached hydrogens (tertiary/aromatic N) is 1. The van der Waals surface area contributed by atoms with Crippen molar-refractivity contribution < 1.29 is 19.1 Å². The van der Waals surface area contributed by atoms with Gasteiger partial charge in [-0.25, -0.2) is 5.43 Å². The van der Waals surface area contributed by atoms with Crippen LogP contribution in [-0.2, 0) is 14.3 Å². The summed E-state index contributed by atoms with van der Waals surface area (Å²) in [6.07, 6.45) is 1.22. The Morgan fingerprint density at radius 1 is 1.16 bits per heavy atom. The first kappa shape index (κ1) is 20.3. The van der Waals surface area contributed by atoms with Gasteiger partial charge in [0.25, 0.3) is 5.91 Å². The van der Waals surface area contributed by atoms with Crippen molar-refractivity contribution in [2.24, 2.45) is 11.0 Å². The number of anilines is 1. The fraction of sp³-hybridized carbons (Fsp3) is 0.444. The molecule has 25 heavy (non-hydrogen) atoms. The van der Waals surface area contributed by atoms with Gasteiger partial charge in [0.05, 0.1) is 12.5 Å². The van der Waals surface area contributed by atoms with Crippen LogP contribution in [-0.4, -0.2) is 30.1 Å². The highest BCUT2D eigenvalue weighted by atomic mass is 16.5. The molecule has 0 aromatic heterocycles. The molecule has 0 bridgehead atoms. The average Bonchev–Trinajstić information content (AvgIpc) is 2.59. The molecule has 0 aliphatic rings. The van der Waals surface area contributed by atoms with Gasteiger partial charge in [-0.05, 0) is 51.5 Å². The highest BCUT2D eigenvalue weighted by Gasteiger charge is 2.17. The van der Waals surface area contributed by atoms with E-state index in [1.807, 2.05) is 6.92 Å². The fourth-order valence-electron chi connectivity index (χ4n) is 1.89. The van der Waals surface area contributed by atoms with E-state index in [9.17, 15) is 14.4 Å². The van der Waals surface area contributed by atoms with Gasteiger partial charge in [-0.2, -0.15) is 5.10 Å². The topological polar surface area (TPSA) is 96.9 Å². The Morgan fingerprint density at radius 3 is 2.36 bits per heavy atom. The molecule has 0 aliphatic carbocycles. The predicted octanol–water partition coefficient (Wildman–Crippen LogP) is 2.73. The molecule has 1 rings (SSSR count). The number of esters is 1. The molecular weight excluding hydrogens is 322 g/mol. The van der Waals surface area contributed by atoms with Crippen LogP contribution in [0.2, 0.25) is 0 Å². The van der Waals surface area contributed by atoms with Gasteiger partial charge < -0.3 is 10.1 Å². The monoisotopic (exact) mass is 347 g/mol. The molecule has 0 radical (unpaired) electrons. The molecule has 1 atom stereocenters. The van der Waals surface area contributed by atoms with E-state index in [4.69, 9.17) is 4.74 Å². The summed E-state index contributed by atoms with van der Waals surface area (Å²) in [6, 6.07) is 6.49. The Balaban J connectivity index is 2.64. The van der Waals surface area contributed by atoms with E-state index in [2.05, 4.69) is 15.8 Å². The third-order valence-electron chi connectivity index (χ3n) is 3.51. The zero-order valence-corrected chi connectivity index (χ0v) is 15.1. The number of carbonyl (C=O) groups is 3. The minimum absolute atomic E-state index is 0.0621. The molecule has 0 saturated heterocycles. The van der Waals surface area contributed by atoms with E-state index in [1.165, 1.54) is 0 Å². The second-order valence-corrected chi connectivity index (χ2v) is 5.54. The summed E-state index contributed by atoms with van der Waals surface area (Å²) in [5, 5.41) is 6.69. The van der Waals surface area contributed by atoms with Crippen LogP contribution < -0.4 is 10.7 Å². The zero-order chi connectivity index (χ0) is 18.8. The molecule has 1 aromatic rings. The summed E-state index contributed by atoms with van der Waals surface area (Å²) in [6.45, 7) is 7.26. The molecule has 1 unspecified atom stereocenters. The number of nitrogens with one attached hydrogen (secondary N) is 2. The average molecular weight is 347 g/mol. The van der Waals surface area contributed by atoms with Gasteiger partial charge in [-0.3, -0.25) is 14.4 Å². The normalized spacial score (nSPS) is 12.2. The summed E-state index contributed by atoms with van der Waals surface area (Å²) in [4.78, 5) is 35.2. The first-order valence-electron chi connectivity index (χ1n) is 8.30. The molecule has 2 amide bonds. The summed E-state index contributed by atoms with van der Waals surface area (Å²) >= 11 is 0. The number of benzene rings is 1. The Kier molecular flexibility index (Phi) is 8.32. The van der Waals surface area contributed by atoms with E-state index in [0.29, 0.717) is 30.0 Å². The van der Waals surface area contributed by atoms with E-state index in [1.54, 1.807) is 45.0 Å². The standard InChI is InChI=1S/C18H25N3O4/c1-5-7-16(22)19-15-10-8-14(9-11-15)17(23)21-20-13(4)12(3)18(24)25-6-2/h8-12H,5-7H2,1-4H3,(H,19,22)(H,21,23). The van der Waals surface area contributed by atoms with Crippen LogP contribution in [0, 0.1) is 5.92 Å². The smallest absolute Gasteiger partial charge is 0.314 e. The first-order chi connectivity index (χ1) is 11.9. The minimum atomic E-state index is -0.531. The van der Waals surface area contributed by atoms with Gasteiger partial charge >= 0.3 is 5.97 Å². The second-order valence-electron chi connectivity index (χ2n) is 5.54. The van der Waals surface area contributed by atoms with Gasteiger partial charge in [-0.15, -0.1) is 0 Å². The number of hydrogen-bond acceptors (Lipinski definition) is 5. The van der Waals surface area contributed by atoms with Gasteiger partial charge in [0, 0.05) is 23.4 Å². The molecule has 136 valence electrons. The minimum Gasteiger partial charge on any atom is -0.465 e. The van der Waals surface area contributed by atoms with Crippen LogP contribution in [0.15, 0.2) is 29.4 Å². The maximum absolute atomic E-state index is 12.1. The largest absolute Gasteiger partial charge is 0.465 e. The van der Waals surface area contributed by atoms with E-state index in [0.717, 1.165) is 6.42 Å².